The lowest BCUT2D eigenvalue weighted by Crippen LogP contribution is -1.89. The fourth-order valence-electron chi connectivity index (χ4n) is 1.16. The van der Waals surface area contributed by atoms with E-state index in [0.717, 1.165) is 5.69 Å². The highest BCUT2D eigenvalue weighted by Gasteiger charge is 2.05. The van der Waals surface area contributed by atoms with Crippen LogP contribution in [0.5, 0.6) is 11.5 Å². The van der Waals surface area contributed by atoms with Gasteiger partial charge < -0.3 is 4.74 Å². The van der Waals surface area contributed by atoms with E-state index in [4.69, 9.17) is 27.9 Å². The van der Waals surface area contributed by atoms with E-state index in [1.807, 2.05) is 13.0 Å². The van der Waals surface area contributed by atoms with E-state index < -0.39 is 0 Å². The second-order valence-electron chi connectivity index (χ2n) is 3.16. The van der Waals surface area contributed by atoms with E-state index in [1.54, 1.807) is 24.4 Å². The quantitative estimate of drug-likeness (QED) is 0.763. The van der Waals surface area contributed by atoms with Crippen LogP contribution in [0.4, 0.5) is 0 Å². The Morgan fingerprint density at radius 1 is 1.19 bits per heavy atom. The predicted octanol–water partition coefficient (Wildman–Crippen LogP) is 3.88. The van der Waals surface area contributed by atoms with Gasteiger partial charge in [-0.1, -0.05) is 23.2 Å². The molecule has 0 aromatic carbocycles. The molecule has 0 atom stereocenters. The molecule has 0 saturated heterocycles. The van der Waals surface area contributed by atoms with Crippen molar-refractivity contribution in [2.24, 2.45) is 0 Å². The standard InChI is InChI=1S/C11H8Cl2N2O/c1-7-2-3-9(11(13)15-7)16-8-4-5-14-10(12)6-8/h2-6H,1H3. The SMILES string of the molecule is Cc1ccc(Oc2ccnc(Cl)c2)c(Cl)n1. The summed E-state index contributed by atoms with van der Waals surface area (Å²) in [5.41, 5.74) is 0.838. The van der Waals surface area contributed by atoms with Crippen molar-refractivity contribution in [3.63, 3.8) is 0 Å². The summed E-state index contributed by atoms with van der Waals surface area (Å²) in [6, 6.07) is 6.89. The van der Waals surface area contributed by atoms with Crippen LogP contribution >= 0.6 is 23.2 Å². The first-order valence-electron chi connectivity index (χ1n) is 4.58. The Labute approximate surface area is 103 Å². The van der Waals surface area contributed by atoms with Crippen LogP contribution in [0.25, 0.3) is 0 Å². The molecule has 0 bridgehead atoms. The summed E-state index contributed by atoms with van der Waals surface area (Å²) in [5.74, 6) is 1.07. The molecule has 0 radical (unpaired) electrons. The average Bonchev–Trinajstić information content (AvgIpc) is 2.22. The molecule has 0 unspecified atom stereocenters. The number of halogens is 2. The molecule has 82 valence electrons. The summed E-state index contributed by atoms with van der Waals surface area (Å²) in [6.45, 7) is 1.86. The number of hydrogen-bond acceptors (Lipinski definition) is 3. The van der Waals surface area contributed by atoms with E-state index in [1.165, 1.54) is 0 Å². The van der Waals surface area contributed by atoms with Gasteiger partial charge in [-0.15, -0.1) is 0 Å². The van der Waals surface area contributed by atoms with Crippen molar-refractivity contribution in [1.29, 1.82) is 0 Å². The average molecular weight is 255 g/mol. The summed E-state index contributed by atoms with van der Waals surface area (Å²) in [7, 11) is 0. The second kappa shape index (κ2) is 4.68. The molecule has 0 aliphatic rings. The molecular formula is C11H8Cl2N2O. The molecule has 2 aromatic heterocycles. The van der Waals surface area contributed by atoms with Crippen LogP contribution in [0.3, 0.4) is 0 Å². The van der Waals surface area contributed by atoms with Crippen LogP contribution in [0.2, 0.25) is 10.3 Å². The molecule has 0 N–H and O–H groups in total. The summed E-state index contributed by atoms with van der Waals surface area (Å²) < 4.78 is 5.53. The molecule has 2 aromatic rings. The van der Waals surface area contributed by atoms with Crippen LogP contribution in [0, 0.1) is 6.92 Å². The summed E-state index contributed by atoms with van der Waals surface area (Å²) >= 11 is 11.7. The predicted molar refractivity (Wildman–Crippen MR) is 63.3 cm³/mol. The Morgan fingerprint density at radius 3 is 2.69 bits per heavy atom. The first-order chi connectivity index (χ1) is 7.65. The van der Waals surface area contributed by atoms with Gasteiger partial charge >= 0.3 is 0 Å². The number of hydrogen-bond donors (Lipinski definition) is 0. The molecule has 0 aliphatic carbocycles. The Bertz CT molecular complexity index is 517. The smallest absolute Gasteiger partial charge is 0.171 e. The monoisotopic (exact) mass is 254 g/mol. The lowest BCUT2D eigenvalue weighted by atomic mass is 10.3. The second-order valence-corrected chi connectivity index (χ2v) is 3.90. The Kier molecular flexibility index (Phi) is 3.27. The molecule has 0 aliphatic heterocycles. The van der Waals surface area contributed by atoms with Crippen molar-refractivity contribution in [2.75, 3.05) is 0 Å². The number of pyridine rings is 2. The fourth-order valence-corrected chi connectivity index (χ4v) is 1.56. The topological polar surface area (TPSA) is 35.0 Å². The number of aryl methyl sites for hydroxylation is 1. The van der Waals surface area contributed by atoms with Gasteiger partial charge in [-0.3, -0.25) is 0 Å². The third-order valence-electron chi connectivity index (χ3n) is 1.88. The third kappa shape index (κ3) is 2.62. The first kappa shape index (κ1) is 11.2. The minimum Gasteiger partial charge on any atom is -0.454 e. The van der Waals surface area contributed by atoms with E-state index >= 15 is 0 Å². The van der Waals surface area contributed by atoms with Gasteiger partial charge in [0.25, 0.3) is 0 Å². The summed E-state index contributed by atoms with van der Waals surface area (Å²) in [5, 5.41) is 0.696. The molecule has 0 saturated carbocycles. The molecule has 2 rings (SSSR count). The molecule has 16 heavy (non-hydrogen) atoms. The van der Waals surface area contributed by atoms with E-state index in [9.17, 15) is 0 Å². The van der Waals surface area contributed by atoms with Gasteiger partial charge in [-0.25, -0.2) is 9.97 Å². The Morgan fingerprint density at radius 2 is 2.00 bits per heavy atom. The Balaban J connectivity index is 2.27. The highest BCUT2D eigenvalue weighted by Crippen LogP contribution is 2.28. The molecule has 0 fully saturated rings. The van der Waals surface area contributed by atoms with Crippen LogP contribution in [0.15, 0.2) is 30.5 Å². The minimum atomic E-state index is 0.327. The molecule has 2 heterocycles. The van der Waals surface area contributed by atoms with Gasteiger partial charge in [0.05, 0.1) is 0 Å². The van der Waals surface area contributed by atoms with Gasteiger partial charge in [0.1, 0.15) is 10.9 Å². The maximum Gasteiger partial charge on any atom is 0.171 e. The normalized spacial score (nSPS) is 10.2. The van der Waals surface area contributed by atoms with Crippen LogP contribution in [0.1, 0.15) is 5.69 Å². The Hall–Kier alpha value is -1.32. The number of nitrogens with zero attached hydrogens (tertiary/aromatic N) is 2. The summed E-state index contributed by atoms with van der Waals surface area (Å²) in [4.78, 5) is 7.94. The maximum atomic E-state index is 5.93. The minimum absolute atomic E-state index is 0.327. The van der Waals surface area contributed by atoms with Gasteiger partial charge in [-0.2, -0.15) is 0 Å². The van der Waals surface area contributed by atoms with Crippen molar-refractivity contribution in [1.82, 2.24) is 9.97 Å². The van der Waals surface area contributed by atoms with Crippen LogP contribution in [-0.4, -0.2) is 9.97 Å². The van der Waals surface area contributed by atoms with Crippen molar-refractivity contribution in [2.45, 2.75) is 6.92 Å². The van der Waals surface area contributed by atoms with Gasteiger partial charge in [0.2, 0.25) is 0 Å². The zero-order valence-electron chi connectivity index (χ0n) is 8.45. The lowest BCUT2D eigenvalue weighted by Gasteiger charge is -2.07. The van der Waals surface area contributed by atoms with E-state index in [-0.39, 0.29) is 0 Å². The van der Waals surface area contributed by atoms with Gasteiger partial charge in [-0.05, 0) is 25.1 Å². The molecule has 0 amide bonds. The van der Waals surface area contributed by atoms with Crippen LogP contribution in [-0.2, 0) is 0 Å². The summed E-state index contributed by atoms with van der Waals surface area (Å²) in [6.07, 6.45) is 1.56. The number of ether oxygens (including phenoxy) is 1. The van der Waals surface area contributed by atoms with Crippen LogP contribution < -0.4 is 4.74 Å². The maximum absolute atomic E-state index is 5.93. The van der Waals surface area contributed by atoms with Gasteiger partial charge in [0, 0.05) is 18.0 Å². The first-order valence-corrected chi connectivity index (χ1v) is 5.33. The van der Waals surface area contributed by atoms with Crippen molar-refractivity contribution >= 4 is 23.2 Å². The molecule has 3 nitrogen and oxygen atoms in total. The highest BCUT2D eigenvalue weighted by atomic mass is 35.5. The fraction of sp³-hybridized carbons (Fsp3) is 0.0909. The van der Waals surface area contributed by atoms with E-state index in [0.29, 0.717) is 21.8 Å². The number of aromatic nitrogens is 2. The largest absolute Gasteiger partial charge is 0.454 e. The van der Waals surface area contributed by atoms with Crippen molar-refractivity contribution in [3.8, 4) is 11.5 Å². The lowest BCUT2D eigenvalue weighted by molar-refractivity contribution is 0.479. The molecule has 0 spiro atoms. The molecular weight excluding hydrogens is 247 g/mol. The van der Waals surface area contributed by atoms with E-state index in [2.05, 4.69) is 9.97 Å². The highest BCUT2D eigenvalue weighted by molar-refractivity contribution is 6.31. The van der Waals surface area contributed by atoms with Gasteiger partial charge in [0.15, 0.2) is 10.9 Å². The van der Waals surface area contributed by atoms with Crippen molar-refractivity contribution < 1.29 is 4.74 Å². The zero-order valence-corrected chi connectivity index (χ0v) is 9.96. The third-order valence-corrected chi connectivity index (χ3v) is 2.36. The number of rotatable bonds is 2. The van der Waals surface area contributed by atoms with Crippen molar-refractivity contribution in [3.05, 3.63) is 46.5 Å². The molecule has 5 heteroatoms. The zero-order chi connectivity index (χ0) is 11.5.